The lowest BCUT2D eigenvalue weighted by Crippen LogP contribution is -2.33. The van der Waals surface area contributed by atoms with Gasteiger partial charge < -0.3 is 5.32 Å². The number of nitrogens with one attached hydrogen (secondary N) is 1. The highest BCUT2D eigenvalue weighted by atomic mass is 14.9. The summed E-state index contributed by atoms with van der Waals surface area (Å²) in [4.78, 5) is 0. The molecule has 80 valence electrons. The van der Waals surface area contributed by atoms with Gasteiger partial charge in [-0.2, -0.15) is 5.26 Å². The molecule has 0 heterocycles. The van der Waals surface area contributed by atoms with Gasteiger partial charge in [0.15, 0.2) is 0 Å². The molecular weight excluding hydrogens is 172 g/mol. The van der Waals surface area contributed by atoms with Gasteiger partial charge in [-0.05, 0) is 45.6 Å². The quantitative estimate of drug-likeness (QED) is 0.747. The molecule has 2 unspecified atom stereocenters. The number of rotatable bonds is 4. The Hall–Kier alpha value is -0.550. The van der Waals surface area contributed by atoms with Crippen molar-refractivity contribution in [2.45, 2.75) is 52.5 Å². The third kappa shape index (κ3) is 3.31. The molecule has 0 aromatic carbocycles. The third-order valence-electron chi connectivity index (χ3n) is 3.32. The van der Waals surface area contributed by atoms with Gasteiger partial charge in [-0.3, -0.25) is 0 Å². The van der Waals surface area contributed by atoms with Gasteiger partial charge in [0.2, 0.25) is 0 Å². The molecule has 0 aromatic rings. The Bertz CT molecular complexity index is 215. The van der Waals surface area contributed by atoms with E-state index in [1.165, 1.54) is 19.3 Å². The Morgan fingerprint density at radius 1 is 1.43 bits per heavy atom. The number of nitrogens with zero attached hydrogens (tertiary/aromatic N) is 1. The van der Waals surface area contributed by atoms with Gasteiger partial charge in [0.05, 0.1) is 11.5 Å². The molecular formula is C12H22N2. The zero-order chi connectivity index (χ0) is 10.6. The monoisotopic (exact) mass is 194 g/mol. The summed E-state index contributed by atoms with van der Waals surface area (Å²) in [7, 11) is 0. The molecule has 0 aliphatic heterocycles. The maximum atomic E-state index is 8.86. The maximum absolute atomic E-state index is 8.86. The van der Waals surface area contributed by atoms with E-state index < -0.39 is 0 Å². The van der Waals surface area contributed by atoms with Crippen molar-refractivity contribution in [3.63, 3.8) is 0 Å². The Labute approximate surface area is 87.7 Å². The van der Waals surface area contributed by atoms with Crippen LogP contribution >= 0.6 is 0 Å². The van der Waals surface area contributed by atoms with E-state index in [1.54, 1.807) is 0 Å². The van der Waals surface area contributed by atoms with Crippen molar-refractivity contribution in [3.8, 4) is 6.07 Å². The van der Waals surface area contributed by atoms with Crippen LogP contribution in [-0.4, -0.2) is 12.6 Å². The Balaban J connectivity index is 2.19. The second-order valence-electron chi connectivity index (χ2n) is 5.21. The highest BCUT2D eigenvalue weighted by Crippen LogP contribution is 2.25. The van der Waals surface area contributed by atoms with E-state index in [0.29, 0.717) is 6.04 Å². The van der Waals surface area contributed by atoms with Crippen molar-refractivity contribution in [1.82, 2.24) is 5.32 Å². The summed E-state index contributed by atoms with van der Waals surface area (Å²) < 4.78 is 0. The van der Waals surface area contributed by atoms with Crippen molar-refractivity contribution in [2.75, 3.05) is 6.54 Å². The topological polar surface area (TPSA) is 35.8 Å². The highest BCUT2D eigenvalue weighted by Gasteiger charge is 2.23. The molecule has 1 aliphatic rings. The van der Waals surface area contributed by atoms with E-state index in [0.717, 1.165) is 18.9 Å². The van der Waals surface area contributed by atoms with Crippen LogP contribution in [0, 0.1) is 22.7 Å². The average Bonchev–Trinajstić information content (AvgIpc) is 2.52. The van der Waals surface area contributed by atoms with E-state index in [2.05, 4.69) is 18.3 Å². The fourth-order valence-corrected chi connectivity index (χ4v) is 2.07. The van der Waals surface area contributed by atoms with Crippen LogP contribution in [0.2, 0.25) is 0 Å². The molecule has 0 spiro atoms. The first kappa shape index (κ1) is 11.5. The molecule has 0 saturated heterocycles. The molecule has 1 aliphatic carbocycles. The highest BCUT2D eigenvalue weighted by molar-refractivity contribution is 4.92. The summed E-state index contributed by atoms with van der Waals surface area (Å²) in [5.41, 5.74) is -0.172. The minimum absolute atomic E-state index is 0.172. The lowest BCUT2D eigenvalue weighted by Gasteiger charge is -2.20. The van der Waals surface area contributed by atoms with Gasteiger partial charge in [-0.15, -0.1) is 0 Å². The standard InChI is InChI=1S/C12H22N2/c1-10-5-4-6-11(10)14-8-7-12(2,3)9-13/h10-11,14H,4-8H2,1-3H3. The van der Waals surface area contributed by atoms with E-state index in [1.807, 2.05) is 13.8 Å². The summed E-state index contributed by atoms with van der Waals surface area (Å²) >= 11 is 0. The Kier molecular flexibility index (Phi) is 3.95. The molecule has 2 nitrogen and oxygen atoms in total. The number of hydrogen-bond acceptors (Lipinski definition) is 2. The predicted molar refractivity (Wildman–Crippen MR) is 58.8 cm³/mol. The van der Waals surface area contributed by atoms with Gasteiger partial charge in [-0.25, -0.2) is 0 Å². The molecule has 14 heavy (non-hydrogen) atoms. The van der Waals surface area contributed by atoms with Crippen LogP contribution in [0.4, 0.5) is 0 Å². The van der Waals surface area contributed by atoms with E-state index >= 15 is 0 Å². The van der Waals surface area contributed by atoms with Crippen LogP contribution in [0.3, 0.4) is 0 Å². The fourth-order valence-electron chi connectivity index (χ4n) is 2.07. The summed E-state index contributed by atoms with van der Waals surface area (Å²) in [5, 5.41) is 12.4. The van der Waals surface area contributed by atoms with Crippen LogP contribution in [0.25, 0.3) is 0 Å². The van der Waals surface area contributed by atoms with Gasteiger partial charge in [0.25, 0.3) is 0 Å². The van der Waals surface area contributed by atoms with Crippen LogP contribution in [-0.2, 0) is 0 Å². The van der Waals surface area contributed by atoms with Gasteiger partial charge in [-0.1, -0.05) is 13.3 Å². The summed E-state index contributed by atoms with van der Waals surface area (Å²) in [6, 6.07) is 3.04. The molecule has 0 amide bonds. The average molecular weight is 194 g/mol. The van der Waals surface area contributed by atoms with Gasteiger partial charge in [0, 0.05) is 6.04 Å². The third-order valence-corrected chi connectivity index (χ3v) is 3.32. The van der Waals surface area contributed by atoms with Crippen LogP contribution in [0.1, 0.15) is 46.5 Å². The zero-order valence-corrected chi connectivity index (χ0v) is 9.64. The lowest BCUT2D eigenvalue weighted by atomic mass is 9.91. The Morgan fingerprint density at radius 2 is 2.14 bits per heavy atom. The number of nitriles is 1. The summed E-state index contributed by atoms with van der Waals surface area (Å²) in [6.07, 6.45) is 4.99. The molecule has 1 N–H and O–H groups in total. The van der Waals surface area contributed by atoms with Crippen molar-refractivity contribution in [3.05, 3.63) is 0 Å². The second kappa shape index (κ2) is 4.79. The van der Waals surface area contributed by atoms with E-state index in [4.69, 9.17) is 5.26 Å². The molecule has 1 saturated carbocycles. The van der Waals surface area contributed by atoms with Crippen LogP contribution in [0.5, 0.6) is 0 Å². The van der Waals surface area contributed by atoms with Crippen molar-refractivity contribution in [2.24, 2.45) is 11.3 Å². The first-order chi connectivity index (χ1) is 6.55. The normalized spacial score (nSPS) is 27.6. The summed E-state index contributed by atoms with van der Waals surface area (Å²) in [5.74, 6) is 0.820. The van der Waals surface area contributed by atoms with Crippen molar-refractivity contribution < 1.29 is 0 Å². The molecule has 2 atom stereocenters. The van der Waals surface area contributed by atoms with E-state index in [9.17, 15) is 0 Å². The first-order valence-corrected chi connectivity index (χ1v) is 5.70. The molecule has 2 heteroatoms. The van der Waals surface area contributed by atoms with Crippen LogP contribution < -0.4 is 5.32 Å². The SMILES string of the molecule is CC1CCCC1NCCC(C)(C)C#N. The fraction of sp³-hybridized carbons (Fsp3) is 0.917. The van der Waals surface area contributed by atoms with Crippen molar-refractivity contribution >= 4 is 0 Å². The van der Waals surface area contributed by atoms with Gasteiger partial charge in [0.1, 0.15) is 0 Å². The maximum Gasteiger partial charge on any atom is 0.0684 e. The molecule has 0 bridgehead atoms. The smallest absolute Gasteiger partial charge is 0.0684 e. The molecule has 0 aromatic heterocycles. The minimum Gasteiger partial charge on any atom is -0.314 e. The first-order valence-electron chi connectivity index (χ1n) is 5.70. The second-order valence-corrected chi connectivity index (χ2v) is 5.21. The lowest BCUT2D eigenvalue weighted by molar-refractivity contribution is 0.375. The predicted octanol–water partition coefficient (Wildman–Crippen LogP) is 2.70. The molecule has 1 fully saturated rings. The van der Waals surface area contributed by atoms with Gasteiger partial charge >= 0.3 is 0 Å². The minimum atomic E-state index is -0.172. The van der Waals surface area contributed by atoms with E-state index in [-0.39, 0.29) is 5.41 Å². The zero-order valence-electron chi connectivity index (χ0n) is 9.64. The largest absolute Gasteiger partial charge is 0.314 e. The van der Waals surface area contributed by atoms with Crippen molar-refractivity contribution in [1.29, 1.82) is 5.26 Å². The van der Waals surface area contributed by atoms with Crippen LogP contribution in [0.15, 0.2) is 0 Å². The summed E-state index contributed by atoms with van der Waals surface area (Å²) in [6.45, 7) is 7.31. The molecule has 1 rings (SSSR count). The molecule has 0 radical (unpaired) electrons. The Morgan fingerprint density at radius 3 is 2.64 bits per heavy atom. The number of hydrogen-bond donors (Lipinski definition) is 1.